The summed E-state index contributed by atoms with van der Waals surface area (Å²) in [5, 5.41) is 7.69. The minimum atomic E-state index is -0.386. The Bertz CT molecular complexity index is 1230. The largest absolute Gasteiger partial charge is 0.372 e. The maximum Gasteiger partial charge on any atom is 0.163 e. The highest BCUT2D eigenvalue weighted by atomic mass is 79.9. The molecule has 3 aromatic carbocycles. The van der Waals surface area contributed by atoms with Gasteiger partial charge < -0.3 is 10.6 Å². The van der Waals surface area contributed by atoms with Gasteiger partial charge in [-0.25, -0.2) is 4.39 Å². The zero-order valence-electron chi connectivity index (χ0n) is 16.5. The van der Waals surface area contributed by atoms with Crippen LogP contribution < -0.4 is 10.6 Å². The Hall–Kier alpha value is -2.63. The second kappa shape index (κ2) is 8.13. The van der Waals surface area contributed by atoms with Crippen LogP contribution in [0.5, 0.6) is 0 Å². The molecule has 6 heteroatoms. The summed E-state index contributed by atoms with van der Waals surface area (Å²) in [5.74, 6) is -0.276. The summed E-state index contributed by atoms with van der Waals surface area (Å²) in [6.45, 7) is 0. The van der Waals surface area contributed by atoms with E-state index in [9.17, 15) is 9.18 Å². The predicted molar refractivity (Wildman–Crippen MR) is 126 cm³/mol. The normalized spacial score (nSPS) is 20.3. The van der Waals surface area contributed by atoms with Gasteiger partial charge in [0.25, 0.3) is 0 Å². The van der Waals surface area contributed by atoms with Crippen molar-refractivity contribution in [1.29, 1.82) is 0 Å². The van der Waals surface area contributed by atoms with E-state index < -0.39 is 0 Å². The number of nitrogens with one attached hydrogen (secondary N) is 2. The highest BCUT2D eigenvalue weighted by Gasteiger charge is 2.36. The molecule has 1 aliphatic carbocycles. The molecule has 0 spiro atoms. The number of Topliss-reactive ketones (excluding diaryl/α,β-unsaturated/α-hetero) is 1. The highest BCUT2D eigenvalue weighted by molar-refractivity contribution is 9.10. The molecule has 3 nitrogen and oxygen atoms in total. The summed E-state index contributed by atoms with van der Waals surface area (Å²) in [5.41, 5.74) is 5.18. The molecule has 1 heterocycles. The molecular weight excluding hydrogens is 479 g/mol. The number of ketones is 1. The number of hydrogen-bond donors (Lipinski definition) is 2. The van der Waals surface area contributed by atoms with Gasteiger partial charge in [-0.3, -0.25) is 4.79 Å². The van der Waals surface area contributed by atoms with Crippen molar-refractivity contribution in [2.45, 2.75) is 24.8 Å². The van der Waals surface area contributed by atoms with Gasteiger partial charge in [-0.2, -0.15) is 0 Å². The molecule has 5 rings (SSSR count). The third-order valence-corrected chi connectivity index (χ3v) is 6.88. The summed E-state index contributed by atoms with van der Waals surface area (Å²) < 4.78 is 14.3. The van der Waals surface area contributed by atoms with Gasteiger partial charge >= 0.3 is 0 Å². The van der Waals surface area contributed by atoms with E-state index in [0.29, 0.717) is 27.9 Å². The van der Waals surface area contributed by atoms with E-state index in [2.05, 4.69) is 26.6 Å². The summed E-state index contributed by atoms with van der Waals surface area (Å²) in [7, 11) is 0. The van der Waals surface area contributed by atoms with E-state index in [0.717, 1.165) is 28.2 Å². The molecule has 156 valence electrons. The Kier molecular flexibility index (Phi) is 5.32. The number of allylic oxidation sites excluding steroid dienone is 1. The molecule has 0 saturated carbocycles. The molecule has 31 heavy (non-hydrogen) atoms. The first-order valence-electron chi connectivity index (χ1n) is 10.1. The predicted octanol–water partition coefficient (Wildman–Crippen LogP) is 7.22. The van der Waals surface area contributed by atoms with Crippen molar-refractivity contribution < 1.29 is 9.18 Å². The lowest BCUT2D eigenvalue weighted by molar-refractivity contribution is -0.116. The molecule has 2 atom stereocenters. The van der Waals surface area contributed by atoms with Crippen LogP contribution in [0.3, 0.4) is 0 Å². The maximum absolute atomic E-state index is 13.9. The molecule has 1 aliphatic heterocycles. The topological polar surface area (TPSA) is 41.1 Å². The average molecular weight is 498 g/mol. The van der Waals surface area contributed by atoms with Crippen LogP contribution in [-0.4, -0.2) is 5.78 Å². The molecule has 0 fully saturated rings. The molecule has 0 bridgehead atoms. The smallest absolute Gasteiger partial charge is 0.163 e. The standard InChI is InChI=1S/C25H19BrClFN2O/c26-17-11-14(9-10-19(17)28)25-24-22(29-20-7-3-4-8-21(20)30-25)12-15(13-23(24)31)16-5-1-2-6-18(16)27/h1-11,15,25,29-30H,12-13H2. The fourth-order valence-corrected chi connectivity index (χ4v) is 5.15. The van der Waals surface area contributed by atoms with Crippen LogP contribution in [0.15, 0.2) is 82.5 Å². The third kappa shape index (κ3) is 3.77. The van der Waals surface area contributed by atoms with Gasteiger partial charge in [-0.05, 0) is 69.7 Å². The Balaban J connectivity index is 1.63. The van der Waals surface area contributed by atoms with Crippen LogP contribution in [0.25, 0.3) is 0 Å². The molecule has 0 radical (unpaired) electrons. The van der Waals surface area contributed by atoms with Crippen LogP contribution in [0, 0.1) is 5.82 Å². The van der Waals surface area contributed by atoms with Crippen molar-refractivity contribution >= 4 is 44.7 Å². The monoisotopic (exact) mass is 496 g/mol. The fourth-order valence-electron chi connectivity index (χ4n) is 4.46. The first-order valence-corrected chi connectivity index (χ1v) is 11.3. The number of hydrogen-bond acceptors (Lipinski definition) is 3. The van der Waals surface area contributed by atoms with E-state index in [4.69, 9.17) is 11.6 Å². The lowest BCUT2D eigenvalue weighted by Crippen LogP contribution is -2.27. The number of carbonyl (C=O) groups excluding carboxylic acids is 1. The number of halogens is 3. The van der Waals surface area contributed by atoms with Crippen LogP contribution >= 0.6 is 27.5 Å². The molecule has 3 aromatic rings. The van der Waals surface area contributed by atoms with E-state index >= 15 is 0 Å². The molecule has 0 amide bonds. The minimum absolute atomic E-state index is 0.00156. The summed E-state index contributed by atoms with van der Waals surface area (Å²) in [6, 6.07) is 20.1. The van der Waals surface area contributed by atoms with Gasteiger partial charge in [0.05, 0.1) is 21.9 Å². The molecular formula is C25H19BrClFN2O. The van der Waals surface area contributed by atoms with Crippen LogP contribution in [0.4, 0.5) is 15.8 Å². The second-order valence-electron chi connectivity index (χ2n) is 7.86. The van der Waals surface area contributed by atoms with E-state index in [1.54, 1.807) is 12.1 Å². The maximum atomic E-state index is 13.9. The van der Waals surface area contributed by atoms with Crippen LogP contribution in [0.2, 0.25) is 5.02 Å². The van der Waals surface area contributed by atoms with E-state index in [1.165, 1.54) is 6.07 Å². The molecule has 2 unspecified atom stereocenters. The SMILES string of the molecule is O=C1CC(c2ccccc2Cl)CC2=C1C(c1ccc(F)c(Br)c1)Nc1ccccc1N2. The van der Waals surface area contributed by atoms with E-state index in [-0.39, 0.29) is 23.6 Å². The van der Waals surface area contributed by atoms with Crippen molar-refractivity contribution in [1.82, 2.24) is 0 Å². The van der Waals surface area contributed by atoms with Gasteiger partial charge in [0, 0.05) is 22.7 Å². The number of para-hydroxylation sites is 2. The Morgan fingerprint density at radius 1 is 0.968 bits per heavy atom. The van der Waals surface area contributed by atoms with Crippen molar-refractivity contribution in [3.8, 4) is 0 Å². The third-order valence-electron chi connectivity index (χ3n) is 5.93. The number of carbonyl (C=O) groups is 1. The quantitative estimate of drug-likeness (QED) is 0.393. The first kappa shape index (κ1) is 20.3. The summed E-state index contributed by atoms with van der Waals surface area (Å²) in [6.07, 6.45) is 1.04. The number of fused-ring (bicyclic) bond motifs is 1. The van der Waals surface area contributed by atoms with Crippen molar-refractivity contribution in [2.24, 2.45) is 0 Å². The van der Waals surface area contributed by atoms with Crippen molar-refractivity contribution in [3.63, 3.8) is 0 Å². The first-order chi connectivity index (χ1) is 15.0. The number of anilines is 2. The molecule has 2 N–H and O–H groups in total. The van der Waals surface area contributed by atoms with Gasteiger partial charge in [0.15, 0.2) is 5.78 Å². The highest BCUT2D eigenvalue weighted by Crippen LogP contribution is 2.45. The van der Waals surface area contributed by atoms with Crippen LogP contribution in [0.1, 0.15) is 35.9 Å². The fraction of sp³-hybridized carbons (Fsp3) is 0.160. The molecule has 2 aliphatic rings. The van der Waals surface area contributed by atoms with E-state index in [1.807, 2.05) is 48.5 Å². The van der Waals surface area contributed by atoms with Gasteiger partial charge in [0.2, 0.25) is 0 Å². The van der Waals surface area contributed by atoms with Crippen molar-refractivity contribution in [3.05, 3.63) is 104 Å². The van der Waals surface area contributed by atoms with Gasteiger partial charge in [-0.1, -0.05) is 48.0 Å². The zero-order chi connectivity index (χ0) is 21.5. The molecule has 0 aromatic heterocycles. The van der Waals surface area contributed by atoms with Crippen molar-refractivity contribution in [2.75, 3.05) is 10.6 Å². The second-order valence-corrected chi connectivity index (χ2v) is 9.13. The summed E-state index contributed by atoms with van der Waals surface area (Å²) in [4.78, 5) is 13.5. The Morgan fingerprint density at radius 3 is 2.48 bits per heavy atom. The average Bonchev–Trinajstić information content (AvgIpc) is 2.93. The molecule has 0 saturated heterocycles. The Labute approximate surface area is 193 Å². The van der Waals surface area contributed by atoms with Gasteiger partial charge in [-0.15, -0.1) is 0 Å². The lowest BCUT2D eigenvalue weighted by atomic mass is 9.78. The summed E-state index contributed by atoms with van der Waals surface area (Å²) >= 11 is 9.73. The minimum Gasteiger partial charge on any atom is -0.372 e. The number of benzene rings is 3. The zero-order valence-corrected chi connectivity index (χ0v) is 18.8. The van der Waals surface area contributed by atoms with Crippen LogP contribution in [-0.2, 0) is 4.79 Å². The number of rotatable bonds is 2. The van der Waals surface area contributed by atoms with Gasteiger partial charge in [0.1, 0.15) is 5.82 Å². The Morgan fingerprint density at radius 2 is 1.71 bits per heavy atom. The lowest BCUT2D eigenvalue weighted by Gasteiger charge is -2.30.